The summed E-state index contributed by atoms with van der Waals surface area (Å²) < 4.78 is 16.8. The van der Waals surface area contributed by atoms with E-state index in [1.807, 2.05) is 13.0 Å². The van der Waals surface area contributed by atoms with Crippen LogP contribution in [0.1, 0.15) is 27.0 Å². The van der Waals surface area contributed by atoms with Crippen LogP contribution in [0.4, 0.5) is 0 Å². The summed E-state index contributed by atoms with van der Waals surface area (Å²) in [6, 6.07) is 12.4. The van der Waals surface area contributed by atoms with Crippen molar-refractivity contribution in [2.24, 2.45) is 4.36 Å². The van der Waals surface area contributed by atoms with Crippen molar-refractivity contribution >= 4 is 15.6 Å². The first-order chi connectivity index (χ1) is 12.9. The van der Waals surface area contributed by atoms with Crippen molar-refractivity contribution in [2.45, 2.75) is 11.8 Å². The van der Waals surface area contributed by atoms with E-state index in [4.69, 9.17) is 0 Å². The molecule has 0 N–H and O–H groups in total. The zero-order chi connectivity index (χ0) is 19.3. The van der Waals surface area contributed by atoms with E-state index in [1.165, 1.54) is 12.5 Å². The molecule has 0 bridgehead atoms. The number of nitrogens with zero attached hydrogens (tertiary/aromatic N) is 3. The van der Waals surface area contributed by atoms with Gasteiger partial charge in [-0.3, -0.25) is 14.8 Å². The minimum atomic E-state index is -2.84. The van der Waals surface area contributed by atoms with Gasteiger partial charge in [0.15, 0.2) is 0 Å². The molecule has 27 heavy (non-hydrogen) atoms. The van der Waals surface area contributed by atoms with E-state index in [2.05, 4.69) is 26.2 Å². The van der Waals surface area contributed by atoms with E-state index < -0.39 is 15.6 Å². The van der Waals surface area contributed by atoms with Crippen LogP contribution in [0.15, 0.2) is 76.5 Å². The van der Waals surface area contributed by atoms with Crippen LogP contribution in [0.2, 0.25) is 0 Å². The molecule has 2 heterocycles. The summed E-state index contributed by atoms with van der Waals surface area (Å²) in [5.74, 6) is 5.35. The number of benzene rings is 1. The van der Waals surface area contributed by atoms with Crippen LogP contribution in [0, 0.1) is 18.8 Å². The summed E-state index contributed by atoms with van der Waals surface area (Å²) in [5.41, 5.74) is 2.59. The minimum absolute atomic E-state index is 0.249. The van der Waals surface area contributed by atoms with Gasteiger partial charge in [-0.25, -0.2) is 4.21 Å². The van der Waals surface area contributed by atoms with Crippen LogP contribution in [-0.2, 0) is 9.73 Å². The second kappa shape index (κ2) is 7.94. The van der Waals surface area contributed by atoms with Gasteiger partial charge in [0.05, 0.1) is 15.3 Å². The maximum absolute atomic E-state index is 12.9. The van der Waals surface area contributed by atoms with Gasteiger partial charge in [0, 0.05) is 47.1 Å². The van der Waals surface area contributed by atoms with Crippen molar-refractivity contribution in [3.8, 4) is 11.8 Å². The molecule has 2 aromatic heterocycles. The van der Waals surface area contributed by atoms with Gasteiger partial charge < -0.3 is 0 Å². The summed E-state index contributed by atoms with van der Waals surface area (Å²) >= 11 is 0. The standard InChI is InChI=1S/C21H17N3O2S/c1-16-4-3-5-20(12-16)27(2,26)24-21(25)19-13-18(14-23-15-19)7-6-17-8-10-22-11-9-17/h3-5,8-15H,1-2H3. The van der Waals surface area contributed by atoms with Crippen LogP contribution in [0.3, 0.4) is 0 Å². The minimum Gasteiger partial charge on any atom is -0.266 e. The Balaban J connectivity index is 1.90. The van der Waals surface area contributed by atoms with Gasteiger partial charge >= 0.3 is 0 Å². The Morgan fingerprint density at radius 2 is 1.74 bits per heavy atom. The van der Waals surface area contributed by atoms with Gasteiger partial charge in [-0.1, -0.05) is 24.0 Å². The molecule has 1 unspecified atom stereocenters. The van der Waals surface area contributed by atoms with Crippen LogP contribution < -0.4 is 0 Å². The molecular weight excluding hydrogens is 358 g/mol. The molecule has 0 aliphatic rings. The van der Waals surface area contributed by atoms with Crippen molar-refractivity contribution in [3.63, 3.8) is 0 Å². The first kappa shape index (κ1) is 18.5. The van der Waals surface area contributed by atoms with Crippen LogP contribution >= 0.6 is 0 Å². The third-order valence-electron chi connectivity index (χ3n) is 3.70. The lowest BCUT2D eigenvalue weighted by atomic mass is 10.2. The van der Waals surface area contributed by atoms with Crippen LogP contribution in [0.5, 0.6) is 0 Å². The molecule has 3 aromatic rings. The SMILES string of the molecule is Cc1cccc(S(C)(=O)=NC(=O)c2cncc(C#Cc3ccncc3)c2)c1. The summed E-state index contributed by atoms with van der Waals surface area (Å²) in [6.07, 6.45) is 7.73. The average molecular weight is 375 g/mol. The number of aryl methyl sites for hydroxylation is 1. The Morgan fingerprint density at radius 1 is 1.00 bits per heavy atom. The maximum atomic E-state index is 12.9. The van der Waals surface area contributed by atoms with Crippen molar-refractivity contribution in [3.05, 3.63) is 89.5 Å². The molecule has 3 rings (SSSR count). The highest BCUT2D eigenvalue weighted by Gasteiger charge is 2.12. The van der Waals surface area contributed by atoms with Crippen LogP contribution in [0.25, 0.3) is 0 Å². The predicted octanol–water partition coefficient (Wildman–Crippen LogP) is 3.48. The Morgan fingerprint density at radius 3 is 2.48 bits per heavy atom. The van der Waals surface area contributed by atoms with Crippen molar-refractivity contribution in [1.29, 1.82) is 0 Å². The molecule has 1 atom stereocenters. The van der Waals surface area contributed by atoms with Crippen molar-refractivity contribution in [1.82, 2.24) is 9.97 Å². The molecular formula is C21H17N3O2S. The first-order valence-corrected chi connectivity index (χ1v) is 10.1. The fraction of sp³-hybridized carbons (Fsp3) is 0.0952. The summed E-state index contributed by atoms with van der Waals surface area (Å²) in [6.45, 7) is 1.90. The Labute approximate surface area is 158 Å². The lowest BCUT2D eigenvalue weighted by Crippen LogP contribution is -2.04. The molecule has 0 aliphatic carbocycles. The summed E-state index contributed by atoms with van der Waals surface area (Å²) in [7, 11) is -2.84. The van der Waals surface area contributed by atoms with Gasteiger partial charge in [-0.15, -0.1) is 0 Å². The number of hydrogen-bond acceptors (Lipinski definition) is 4. The number of pyridine rings is 2. The number of rotatable bonds is 2. The first-order valence-electron chi connectivity index (χ1n) is 8.14. The highest BCUT2D eigenvalue weighted by molar-refractivity contribution is 7.93. The molecule has 0 saturated carbocycles. The molecule has 1 amide bonds. The lowest BCUT2D eigenvalue weighted by molar-refractivity contribution is 0.100. The smallest absolute Gasteiger partial charge is 0.266 e. The van der Waals surface area contributed by atoms with Gasteiger partial charge in [0.2, 0.25) is 0 Å². The van der Waals surface area contributed by atoms with E-state index in [9.17, 15) is 9.00 Å². The predicted molar refractivity (Wildman–Crippen MR) is 105 cm³/mol. The third kappa shape index (κ3) is 4.87. The number of carbonyl (C=O) groups excluding carboxylic acids is 1. The second-order valence-corrected chi connectivity index (χ2v) is 8.22. The summed E-state index contributed by atoms with van der Waals surface area (Å²) in [5, 5.41) is 0. The van der Waals surface area contributed by atoms with Gasteiger partial charge in [-0.2, -0.15) is 4.36 Å². The quantitative estimate of drug-likeness (QED) is 0.643. The van der Waals surface area contributed by atoms with Gasteiger partial charge in [0.1, 0.15) is 0 Å². The molecule has 0 radical (unpaired) electrons. The Kier molecular flexibility index (Phi) is 5.43. The van der Waals surface area contributed by atoms with E-state index in [0.717, 1.165) is 11.1 Å². The molecule has 0 saturated heterocycles. The van der Waals surface area contributed by atoms with E-state index in [0.29, 0.717) is 10.5 Å². The third-order valence-corrected chi connectivity index (χ3v) is 5.34. The van der Waals surface area contributed by atoms with Gasteiger partial charge in [0.25, 0.3) is 5.91 Å². The molecule has 6 heteroatoms. The molecule has 5 nitrogen and oxygen atoms in total. The zero-order valence-corrected chi connectivity index (χ0v) is 15.7. The second-order valence-electron chi connectivity index (χ2n) is 5.96. The maximum Gasteiger partial charge on any atom is 0.286 e. The normalized spacial score (nSPS) is 12.4. The lowest BCUT2D eigenvalue weighted by Gasteiger charge is -2.05. The highest BCUT2D eigenvalue weighted by atomic mass is 32.2. The molecule has 1 aromatic carbocycles. The number of aromatic nitrogens is 2. The molecule has 0 fully saturated rings. The average Bonchev–Trinajstić information content (AvgIpc) is 2.67. The monoisotopic (exact) mass is 375 g/mol. The fourth-order valence-corrected chi connectivity index (χ4v) is 3.58. The highest BCUT2D eigenvalue weighted by Crippen LogP contribution is 2.15. The number of amides is 1. The number of carbonyl (C=O) groups is 1. The van der Waals surface area contributed by atoms with Gasteiger partial charge in [-0.05, 0) is 42.8 Å². The van der Waals surface area contributed by atoms with E-state index >= 15 is 0 Å². The number of hydrogen-bond donors (Lipinski definition) is 0. The molecule has 134 valence electrons. The Bertz CT molecular complexity index is 1170. The topological polar surface area (TPSA) is 72.3 Å². The zero-order valence-electron chi connectivity index (χ0n) is 14.9. The summed E-state index contributed by atoms with van der Waals surface area (Å²) in [4.78, 5) is 21.0. The largest absolute Gasteiger partial charge is 0.286 e. The van der Waals surface area contributed by atoms with Crippen molar-refractivity contribution in [2.75, 3.05) is 6.26 Å². The van der Waals surface area contributed by atoms with E-state index in [-0.39, 0.29) is 5.56 Å². The molecule has 0 spiro atoms. The fourth-order valence-electron chi connectivity index (χ4n) is 2.32. The van der Waals surface area contributed by atoms with Crippen molar-refractivity contribution < 1.29 is 9.00 Å². The Hall–Kier alpha value is -3.30. The van der Waals surface area contributed by atoms with E-state index in [1.54, 1.807) is 55.0 Å². The van der Waals surface area contributed by atoms with Crippen LogP contribution in [-0.4, -0.2) is 26.3 Å². The molecule has 0 aliphatic heterocycles.